The summed E-state index contributed by atoms with van der Waals surface area (Å²) in [6.07, 6.45) is 2.73. The molecule has 0 amide bonds. The number of rotatable bonds is 8. The van der Waals surface area contributed by atoms with Gasteiger partial charge in [0.1, 0.15) is 5.75 Å². The van der Waals surface area contributed by atoms with Crippen LogP contribution < -0.4 is 10.1 Å². The maximum atomic E-state index is 5.43. The van der Waals surface area contributed by atoms with Gasteiger partial charge in [0.25, 0.3) is 0 Å². The van der Waals surface area contributed by atoms with Crippen LogP contribution in [0.3, 0.4) is 0 Å². The summed E-state index contributed by atoms with van der Waals surface area (Å²) in [6.45, 7) is 3.13. The Morgan fingerprint density at radius 2 is 2.10 bits per heavy atom. The highest BCUT2D eigenvalue weighted by atomic mass is 16.5. The van der Waals surface area contributed by atoms with Gasteiger partial charge in [-0.25, -0.2) is 0 Å². The number of methoxy groups -OCH3 is 1. The van der Waals surface area contributed by atoms with E-state index in [-0.39, 0.29) is 6.04 Å². The molecule has 1 unspecified atom stereocenters. The van der Waals surface area contributed by atoms with Crippen LogP contribution in [-0.4, -0.2) is 39.9 Å². The summed E-state index contributed by atoms with van der Waals surface area (Å²) in [5.41, 5.74) is 1.19. The first-order chi connectivity index (χ1) is 10.2. The molecule has 0 saturated carbocycles. The average Bonchev–Trinajstić information content (AvgIpc) is 2.90. The number of ether oxygens (including phenoxy) is 1. The van der Waals surface area contributed by atoms with E-state index in [0.29, 0.717) is 0 Å². The minimum atomic E-state index is 0.269. The fourth-order valence-electron chi connectivity index (χ4n) is 2.33. The molecule has 0 spiro atoms. The van der Waals surface area contributed by atoms with Gasteiger partial charge in [0, 0.05) is 12.5 Å². The highest BCUT2D eigenvalue weighted by Crippen LogP contribution is 2.19. The number of aryl methyl sites for hydroxylation is 1. The molecule has 2 aromatic rings. The SMILES string of the molecule is CCCNC(Cc1nnn(C)n1)Cc1ccccc1OC. The van der Waals surface area contributed by atoms with E-state index in [1.165, 1.54) is 10.4 Å². The van der Waals surface area contributed by atoms with Crippen molar-refractivity contribution in [3.05, 3.63) is 35.7 Å². The van der Waals surface area contributed by atoms with Crippen LogP contribution in [0, 0.1) is 0 Å². The first-order valence-electron chi connectivity index (χ1n) is 7.31. The molecule has 21 heavy (non-hydrogen) atoms. The van der Waals surface area contributed by atoms with Crippen molar-refractivity contribution >= 4 is 0 Å². The van der Waals surface area contributed by atoms with Gasteiger partial charge in [-0.15, -0.1) is 10.2 Å². The average molecular weight is 289 g/mol. The van der Waals surface area contributed by atoms with Crippen LogP contribution in [0.2, 0.25) is 0 Å². The zero-order chi connectivity index (χ0) is 15.1. The summed E-state index contributed by atoms with van der Waals surface area (Å²) < 4.78 is 5.43. The molecule has 1 atom stereocenters. The fourth-order valence-corrected chi connectivity index (χ4v) is 2.33. The molecule has 0 aliphatic heterocycles. The Morgan fingerprint density at radius 1 is 1.29 bits per heavy atom. The topological polar surface area (TPSA) is 64.9 Å². The van der Waals surface area contributed by atoms with E-state index in [1.54, 1.807) is 14.2 Å². The monoisotopic (exact) mass is 289 g/mol. The quantitative estimate of drug-likeness (QED) is 0.795. The van der Waals surface area contributed by atoms with Crippen LogP contribution in [0.1, 0.15) is 24.7 Å². The summed E-state index contributed by atoms with van der Waals surface area (Å²) in [7, 11) is 3.49. The Hall–Kier alpha value is -1.95. The minimum absolute atomic E-state index is 0.269. The molecular formula is C15H23N5O. The molecule has 0 bridgehead atoms. The first-order valence-corrected chi connectivity index (χ1v) is 7.31. The summed E-state index contributed by atoms with van der Waals surface area (Å²) in [5, 5.41) is 15.8. The van der Waals surface area contributed by atoms with E-state index < -0.39 is 0 Å². The molecule has 1 heterocycles. The Labute approximate surface area is 125 Å². The maximum absolute atomic E-state index is 5.43. The van der Waals surface area contributed by atoms with Gasteiger partial charge in [-0.1, -0.05) is 25.1 Å². The molecule has 1 N–H and O–H groups in total. The van der Waals surface area contributed by atoms with Crippen molar-refractivity contribution in [1.29, 1.82) is 0 Å². The molecule has 6 nitrogen and oxygen atoms in total. The summed E-state index contributed by atoms with van der Waals surface area (Å²) >= 11 is 0. The normalized spacial score (nSPS) is 12.3. The van der Waals surface area contributed by atoms with Crippen molar-refractivity contribution in [1.82, 2.24) is 25.5 Å². The van der Waals surface area contributed by atoms with E-state index >= 15 is 0 Å². The van der Waals surface area contributed by atoms with Gasteiger partial charge in [0.15, 0.2) is 5.82 Å². The highest BCUT2D eigenvalue weighted by molar-refractivity contribution is 5.33. The van der Waals surface area contributed by atoms with Gasteiger partial charge < -0.3 is 10.1 Å². The molecule has 6 heteroatoms. The van der Waals surface area contributed by atoms with Gasteiger partial charge in [-0.2, -0.15) is 4.80 Å². The molecule has 0 radical (unpaired) electrons. The highest BCUT2D eigenvalue weighted by Gasteiger charge is 2.15. The molecular weight excluding hydrogens is 266 g/mol. The predicted octanol–water partition coefficient (Wildman–Crippen LogP) is 1.37. The van der Waals surface area contributed by atoms with Crippen LogP contribution in [0.4, 0.5) is 0 Å². The summed E-state index contributed by atoms with van der Waals surface area (Å²) in [6, 6.07) is 8.39. The summed E-state index contributed by atoms with van der Waals surface area (Å²) in [4.78, 5) is 1.50. The second kappa shape index (κ2) is 7.73. The maximum Gasteiger partial charge on any atom is 0.176 e. The Morgan fingerprint density at radius 3 is 2.76 bits per heavy atom. The van der Waals surface area contributed by atoms with Gasteiger partial charge in [-0.05, 0) is 36.2 Å². The lowest BCUT2D eigenvalue weighted by Crippen LogP contribution is -2.34. The molecule has 0 aliphatic carbocycles. The van der Waals surface area contributed by atoms with Crippen molar-refractivity contribution in [3.8, 4) is 5.75 Å². The van der Waals surface area contributed by atoms with Crippen molar-refractivity contribution in [2.45, 2.75) is 32.2 Å². The molecule has 0 aliphatic rings. The van der Waals surface area contributed by atoms with E-state index in [2.05, 4.69) is 33.7 Å². The third-order valence-electron chi connectivity index (χ3n) is 3.32. The van der Waals surface area contributed by atoms with Crippen LogP contribution in [0.5, 0.6) is 5.75 Å². The van der Waals surface area contributed by atoms with Gasteiger partial charge in [0.05, 0.1) is 14.2 Å². The van der Waals surface area contributed by atoms with Crippen molar-refractivity contribution in [2.75, 3.05) is 13.7 Å². The van der Waals surface area contributed by atoms with Crippen molar-refractivity contribution in [2.24, 2.45) is 7.05 Å². The smallest absolute Gasteiger partial charge is 0.176 e. The van der Waals surface area contributed by atoms with E-state index in [0.717, 1.165) is 37.4 Å². The molecule has 1 aromatic carbocycles. The predicted molar refractivity (Wildman–Crippen MR) is 81.3 cm³/mol. The zero-order valence-corrected chi connectivity index (χ0v) is 12.9. The summed E-state index contributed by atoms with van der Waals surface area (Å²) in [5.74, 6) is 1.69. The number of nitrogens with zero attached hydrogens (tertiary/aromatic N) is 4. The standard InChI is InChI=1S/C15H23N5O/c1-4-9-16-13(11-15-17-19-20(2)18-15)10-12-7-5-6-8-14(12)21-3/h5-8,13,16H,4,9-11H2,1-3H3. The van der Waals surface area contributed by atoms with E-state index in [1.807, 2.05) is 18.2 Å². The lowest BCUT2D eigenvalue weighted by Gasteiger charge is -2.18. The van der Waals surface area contributed by atoms with E-state index in [9.17, 15) is 0 Å². The molecule has 0 fully saturated rings. The van der Waals surface area contributed by atoms with Crippen LogP contribution in [0.15, 0.2) is 24.3 Å². The molecule has 114 valence electrons. The Kier molecular flexibility index (Phi) is 5.68. The number of para-hydroxylation sites is 1. The van der Waals surface area contributed by atoms with Gasteiger partial charge in [-0.3, -0.25) is 0 Å². The fraction of sp³-hybridized carbons (Fsp3) is 0.533. The third kappa shape index (κ3) is 4.53. The van der Waals surface area contributed by atoms with Gasteiger partial charge in [0.2, 0.25) is 0 Å². The number of nitrogens with one attached hydrogen (secondary N) is 1. The van der Waals surface area contributed by atoms with Crippen LogP contribution in [0.25, 0.3) is 0 Å². The first kappa shape index (κ1) is 15.4. The number of tetrazole rings is 1. The number of benzene rings is 1. The lowest BCUT2D eigenvalue weighted by atomic mass is 10.0. The van der Waals surface area contributed by atoms with Crippen LogP contribution in [-0.2, 0) is 19.9 Å². The molecule has 0 saturated heterocycles. The van der Waals surface area contributed by atoms with Crippen LogP contribution >= 0.6 is 0 Å². The number of hydrogen-bond acceptors (Lipinski definition) is 5. The molecule has 2 rings (SSSR count). The van der Waals surface area contributed by atoms with Crippen molar-refractivity contribution in [3.63, 3.8) is 0 Å². The number of aromatic nitrogens is 4. The zero-order valence-electron chi connectivity index (χ0n) is 12.9. The Bertz CT molecular complexity index is 555. The third-order valence-corrected chi connectivity index (χ3v) is 3.32. The van der Waals surface area contributed by atoms with Gasteiger partial charge >= 0.3 is 0 Å². The molecule has 1 aromatic heterocycles. The van der Waals surface area contributed by atoms with Crippen molar-refractivity contribution < 1.29 is 4.74 Å². The second-order valence-corrected chi connectivity index (χ2v) is 5.07. The Balaban J connectivity index is 2.08. The van der Waals surface area contributed by atoms with E-state index in [4.69, 9.17) is 4.74 Å². The second-order valence-electron chi connectivity index (χ2n) is 5.07. The lowest BCUT2D eigenvalue weighted by molar-refractivity contribution is 0.403. The number of hydrogen-bond donors (Lipinski definition) is 1. The minimum Gasteiger partial charge on any atom is -0.496 e. The largest absolute Gasteiger partial charge is 0.496 e.